The molecule has 0 saturated carbocycles. The van der Waals surface area contributed by atoms with Crippen molar-refractivity contribution in [2.45, 2.75) is 26.9 Å². The molecule has 3 rings (SSSR count). The maximum absolute atomic E-state index is 12.4. The molecule has 0 aliphatic heterocycles. The second kappa shape index (κ2) is 6.32. The summed E-state index contributed by atoms with van der Waals surface area (Å²) in [5, 5.41) is 0.862. The Hall–Kier alpha value is -2.88. The minimum atomic E-state index is -0.636. The van der Waals surface area contributed by atoms with E-state index in [0.717, 1.165) is 10.9 Å². The van der Waals surface area contributed by atoms with Gasteiger partial charge in [0, 0.05) is 22.6 Å². The van der Waals surface area contributed by atoms with Gasteiger partial charge in [-0.05, 0) is 38.5 Å². The Bertz CT molecular complexity index is 955. The van der Waals surface area contributed by atoms with Crippen LogP contribution in [0, 0.1) is 13.8 Å². The SMILES string of the molecule is Cc1c(C)c2ccc(OC(C)C(=O)c3ccccc3)cc2oc1=O. The lowest BCUT2D eigenvalue weighted by molar-refractivity contribution is 0.0818. The van der Waals surface area contributed by atoms with E-state index in [1.165, 1.54) is 0 Å². The summed E-state index contributed by atoms with van der Waals surface area (Å²) in [7, 11) is 0. The van der Waals surface area contributed by atoms with Gasteiger partial charge in [0.1, 0.15) is 11.3 Å². The molecule has 122 valence electrons. The fourth-order valence-electron chi connectivity index (χ4n) is 2.60. The summed E-state index contributed by atoms with van der Waals surface area (Å²) in [6.07, 6.45) is -0.636. The predicted molar refractivity (Wildman–Crippen MR) is 92.8 cm³/mol. The number of Topliss-reactive ketones (excluding diaryl/α,β-unsaturated/α-hetero) is 1. The number of ether oxygens (including phenoxy) is 1. The summed E-state index contributed by atoms with van der Waals surface area (Å²) < 4.78 is 11.1. The molecule has 1 heterocycles. The highest BCUT2D eigenvalue weighted by molar-refractivity contribution is 5.99. The molecule has 0 fully saturated rings. The summed E-state index contributed by atoms with van der Waals surface area (Å²) in [5.41, 5.74) is 2.19. The van der Waals surface area contributed by atoms with E-state index in [4.69, 9.17) is 9.15 Å². The van der Waals surface area contributed by atoms with Crippen LogP contribution in [0.1, 0.15) is 28.4 Å². The number of hydrogen-bond donors (Lipinski definition) is 0. The molecule has 24 heavy (non-hydrogen) atoms. The Balaban J connectivity index is 1.89. The summed E-state index contributed by atoms with van der Waals surface area (Å²) in [5.74, 6) is 0.392. The maximum Gasteiger partial charge on any atom is 0.339 e. The second-order valence-corrected chi connectivity index (χ2v) is 5.79. The van der Waals surface area contributed by atoms with Crippen molar-refractivity contribution in [1.29, 1.82) is 0 Å². The molecule has 0 spiro atoms. The Morgan fingerprint density at radius 2 is 1.75 bits per heavy atom. The first-order valence-corrected chi connectivity index (χ1v) is 7.77. The molecule has 0 aliphatic rings. The summed E-state index contributed by atoms with van der Waals surface area (Å²) in [6.45, 7) is 5.33. The zero-order valence-corrected chi connectivity index (χ0v) is 13.8. The highest BCUT2D eigenvalue weighted by Gasteiger charge is 2.17. The Morgan fingerprint density at radius 3 is 2.46 bits per heavy atom. The number of rotatable bonds is 4. The summed E-state index contributed by atoms with van der Waals surface area (Å²) in [6, 6.07) is 14.3. The van der Waals surface area contributed by atoms with Gasteiger partial charge in [-0.2, -0.15) is 0 Å². The van der Waals surface area contributed by atoms with Gasteiger partial charge in [-0.25, -0.2) is 4.79 Å². The van der Waals surface area contributed by atoms with Crippen LogP contribution in [0.2, 0.25) is 0 Å². The largest absolute Gasteiger partial charge is 0.482 e. The second-order valence-electron chi connectivity index (χ2n) is 5.79. The highest BCUT2D eigenvalue weighted by Crippen LogP contribution is 2.24. The van der Waals surface area contributed by atoms with E-state index in [9.17, 15) is 9.59 Å². The Labute approximate surface area is 139 Å². The fraction of sp³-hybridized carbons (Fsp3) is 0.200. The van der Waals surface area contributed by atoms with Crippen LogP contribution >= 0.6 is 0 Å². The molecule has 4 nitrogen and oxygen atoms in total. The van der Waals surface area contributed by atoms with Crippen LogP contribution in [0.15, 0.2) is 57.7 Å². The van der Waals surface area contributed by atoms with Crippen molar-refractivity contribution in [2.24, 2.45) is 0 Å². The molecular formula is C20H18O4. The van der Waals surface area contributed by atoms with E-state index in [2.05, 4.69) is 0 Å². The van der Waals surface area contributed by atoms with E-state index in [1.54, 1.807) is 38.1 Å². The predicted octanol–water partition coefficient (Wildman–Crippen LogP) is 4.06. The lowest BCUT2D eigenvalue weighted by Gasteiger charge is -2.14. The first-order valence-electron chi connectivity index (χ1n) is 7.77. The van der Waals surface area contributed by atoms with Gasteiger partial charge in [-0.1, -0.05) is 30.3 Å². The van der Waals surface area contributed by atoms with E-state index >= 15 is 0 Å². The van der Waals surface area contributed by atoms with Crippen LogP contribution in [-0.2, 0) is 0 Å². The van der Waals surface area contributed by atoms with Gasteiger partial charge < -0.3 is 9.15 Å². The number of hydrogen-bond acceptors (Lipinski definition) is 4. The third-order valence-corrected chi connectivity index (χ3v) is 4.17. The van der Waals surface area contributed by atoms with Gasteiger partial charge in [0.05, 0.1) is 0 Å². The smallest absolute Gasteiger partial charge is 0.339 e. The van der Waals surface area contributed by atoms with E-state index in [1.807, 2.05) is 31.2 Å². The lowest BCUT2D eigenvalue weighted by atomic mass is 10.1. The zero-order chi connectivity index (χ0) is 17.3. The van der Waals surface area contributed by atoms with Gasteiger partial charge in [-0.3, -0.25) is 4.79 Å². The number of carbonyl (C=O) groups excluding carboxylic acids is 1. The highest BCUT2D eigenvalue weighted by atomic mass is 16.5. The molecule has 0 bridgehead atoms. The van der Waals surface area contributed by atoms with Gasteiger partial charge in [0.25, 0.3) is 0 Å². The van der Waals surface area contributed by atoms with Gasteiger partial charge in [-0.15, -0.1) is 0 Å². The van der Waals surface area contributed by atoms with E-state index in [0.29, 0.717) is 22.5 Å². The summed E-state index contributed by atoms with van der Waals surface area (Å²) in [4.78, 5) is 24.2. The Morgan fingerprint density at radius 1 is 1.04 bits per heavy atom. The van der Waals surface area contributed by atoms with Crippen molar-refractivity contribution >= 4 is 16.8 Å². The molecular weight excluding hydrogens is 304 g/mol. The molecule has 1 atom stereocenters. The van der Waals surface area contributed by atoms with Crippen LogP contribution in [0.4, 0.5) is 0 Å². The van der Waals surface area contributed by atoms with Crippen molar-refractivity contribution in [3.8, 4) is 5.75 Å². The third kappa shape index (κ3) is 2.95. The lowest BCUT2D eigenvalue weighted by Crippen LogP contribution is -2.23. The number of aryl methyl sites for hydroxylation is 1. The topological polar surface area (TPSA) is 56.5 Å². The molecule has 1 unspecified atom stereocenters. The van der Waals surface area contributed by atoms with Crippen molar-refractivity contribution in [1.82, 2.24) is 0 Å². The van der Waals surface area contributed by atoms with Gasteiger partial charge in [0.15, 0.2) is 6.10 Å². The van der Waals surface area contributed by atoms with E-state index in [-0.39, 0.29) is 11.4 Å². The molecule has 2 aromatic carbocycles. The molecule has 0 aliphatic carbocycles. The first kappa shape index (κ1) is 16.0. The molecule has 0 amide bonds. The van der Waals surface area contributed by atoms with Gasteiger partial charge in [0.2, 0.25) is 5.78 Å². The molecule has 0 radical (unpaired) electrons. The fourth-order valence-corrected chi connectivity index (χ4v) is 2.60. The standard InChI is InChI=1S/C20H18O4/c1-12-13(2)20(22)24-18-11-16(9-10-17(12)18)23-14(3)19(21)15-7-5-4-6-8-15/h4-11,14H,1-3H3. The number of benzene rings is 2. The third-order valence-electron chi connectivity index (χ3n) is 4.17. The summed E-state index contributed by atoms with van der Waals surface area (Å²) >= 11 is 0. The van der Waals surface area contributed by atoms with Crippen LogP contribution in [0.5, 0.6) is 5.75 Å². The van der Waals surface area contributed by atoms with Crippen LogP contribution in [0.25, 0.3) is 11.0 Å². The van der Waals surface area contributed by atoms with Gasteiger partial charge >= 0.3 is 5.63 Å². The average Bonchev–Trinajstić information content (AvgIpc) is 2.59. The van der Waals surface area contributed by atoms with Crippen LogP contribution in [-0.4, -0.2) is 11.9 Å². The van der Waals surface area contributed by atoms with Crippen LogP contribution in [0.3, 0.4) is 0 Å². The molecule has 0 saturated heterocycles. The van der Waals surface area contributed by atoms with Crippen molar-refractivity contribution in [3.05, 3.63) is 75.6 Å². The van der Waals surface area contributed by atoms with Crippen molar-refractivity contribution in [2.75, 3.05) is 0 Å². The normalized spacial score (nSPS) is 12.1. The minimum absolute atomic E-state index is 0.0998. The quantitative estimate of drug-likeness (QED) is 0.537. The molecule has 0 N–H and O–H groups in total. The number of carbonyl (C=O) groups is 1. The molecule has 3 aromatic rings. The monoisotopic (exact) mass is 322 g/mol. The molecule has 4 heteroatoms. The average molecular weight is 322 g/mol. The molecule has 1 aromatic heterocycles. The van der Waals surface area contributed by atoms with E-state index < -0.39 is 6.10 Å². The van der Waals surface area contributed by atoms with Crippen LogP contribution < -0.4 is 10.4 Å². The number of ketones is 1. The Kier molecular flexibility index (Phi) is 4.21. The van der Waals surface area contributed by atoms with Crippen molar-refractivity contribution in [3.63, 3.8) is 0 Å². The minimum Gasteiger partial charge on any atom is -0.482 e. The van der Waals surface area contributed by atoms with Crippen molar-refractivity contribution < 1.29 is 13.9 Å². The maximum atomic E-state index is 12.4. The number of fused-ring (bicyclic) bond motifs is 1. The first-order chi connectivity index (χ1) is 11.5. The zero-order valence-electron chi connectivity index (χ0n) is 13.8.